The molecule has 4 N–H and O–H groups in total. The third-order valence-corrected chi connectivity index (χ3v) is 4.47. The lowest BCUT2D eigenvalue weighted by atomic mass is 9.87. The van der Waals surface area contributed by atoms with E-state index in [1.54, 1.807) is 0 Å². The zero-order valence-corrected chi connectivity index (χ0v) is 14.8. The molecule has 0 saturated heterocycles. The number of aliphatic imine (C=N–C) groups is 2. The molecule has 1 aromatic carbocycles. The van der Waals surface area contributed by atoms with Crippen LogP contribution < -0.4 is 11.5 Å². The van der Waals surface area contributed by atoms with Crippen LogP contribution in [-0.2, 0) is 0 Å². The van der Waals surface area contributed by atoms with Crippen LogP contribution in [0, 0.1) is 45.9 Å². The maximum absolute atomic E-state index is 9.52. The van der Waals surface area contributed by atoms with Crippen molar-refractivity contribution in [3.05, 3.63) is 33.4 Å². The molecule has 0 saturated carbocycles. The smallest absolute Gasteiger partial charge is 0.185 e. The molecule has 0 atom stereocenters. The minimum absolute atomic E-state index is 0.114. The van der Waals surface area contributed by atoms with E-state index >= 15 is 0 Å². The van der Waals surface area contributed by atoms with Crippen LogP contribution >= 0.6 is 0 Å². The van der Waals surface area contributed by atoms with Crippen molar-refractivity contribution < 1.29 is 0 Å². The second-order valence-electron chi connectivity index (χ2n) is 5.86. The Morgan fingerprint density at radius 1 is 0.826 bits per heavy atom. The SMILES string of the molecule is Cc1c(C)c(C)c(C(C#N)=NCCCCN=C(N)N)c(C)c1C. The molecule has 5 heteroatoms. The first-order valence-electron chi connectivity index (χ1n) is 7.88. The van der Waals surface area contributed by atoms with Crippen LogP contribution in [0.3, 0.4) is 0 Å². The summed E-state index contributed by atoms with van der Waals surface area (Å²) in [5.41, 5.74) is 18.1. The van der Waals surface area contributed by atoms with E-state index in [0.717, 1.165) is 29.5 Å². The first kappa shape index (κ1) is 18.7. The maximum atomic E-state index is 9.52. The van der Waals surface area contributed by atoms with E-state index in [4.69, 9.17) is 11.5 Å². The van der Waals surface area contributed by atoms with Crippen LogP contribution in [0.2, 0.25) is 0 Å². The molecule has 5 nitrogen and oxygen atoms in total. The molecule has 124 valence electrons. The number of benzene rings is 1. The zero-order chi connectivity index (χ0) is 17.6. The Morgan fingerprint density at radius 3 is 1.70 bits per heavy atom. The molecule has 0 radical (unpaired) electrons. The van der Waals surface area contributed by atoms with Crippen molar-refractivity contribution in [1.82, 2.24) is 0 Å². The molecule has 0 heterocycles. The highest BCUT2D eigenvalue weighted by Gasteiger charge is 2.16. The zero-order valence-electron chi connectivity index (χ0n) is 14.8. The van der Waals surface area contributed by atoms with Crippen LogP contribution in [0.25, 0.3) is 0 Å². The van der Waals surface area contributed by atoms with Crippen LogP contribution in [0.4, 0.5) is 0 Å². The predicted octanol–water partition coefficient (Wildman–Crippen LogP) is 2.59. The van der Waals surface area contributed by atoms with E-state index < -0.39 is 0 Å². The largest absolute Gasteiger partial charge is 0.370 e. The summed E-state index contributed by atoms with van der Waals surface area (Å²) in [6.07, 6.45) is 1.70. The van der Waals surface area contributed by atoms with Gasteiger partial charge in [0, 0.05) is 18.7 Å². The summed E-state index contributed by atoms with van der Waals surface area (Å²) in [6.45, 7) is 11.7. The van der Waals surface area contributed by atoms with Gasteiger partial charge in [0.2, 0.25) is 0 Å². The Morgan fingerprint density at radius 2 is 1.26 bits per heavy atom. The van der Waals surface area contributed by atoms with Crippen LogP contribution in [0.1, 0.15) is 46.2 Å². The van der Waals surface area contributed by atoms with Gasteiger partial charge >= 0.3 is 0 Å². The third-order valence-electron chi connectivity index (χ3n) is 4.47. The summed E-state index contributed by atoms with van der Waals surface area (Å²) in [6, 6.07) is 2.27. The van der Waals surface area contributed by atoms with Crippen LogP contribution in [0.5, 0.6) is 0 Å². The highest BCUT2D eigenvalue weighted by molar-refractivity contribution is 6.13. The quantitative estimate of drug-likeness (QED) is 0.479. The monoisotopic (exact) mass is 313 g/mol. The van der Waals surface area contributed by atoms with Crippen molar-refractivity contribution in [2.45, 2.75) is 47.5 Å². The van der Waals surface area contributed by atoms with E-state index in [9.17, 15) is 5.26 Å². The fraction of sp³-hybridized carbons (Fsp3) is 0.500. The van der Waals surface area contributed by atoms with Gasteiger partial charge in [-0.1, -0.05) is 0 Å². The fourth-order valence-electron chi connectivity index (χ4n) is 2.65. The second-order valence-corrected chi connectivity index (χ2v) is 5.86. The number of hydrogen-bond acceptors (Lipinski definition) is 3. The predicted molar refractivity (Wildman–Crippen MR) is 97.1 cm³/mol. The lowest BCUT2D eigenvalue weighted by Crippen LogP contribution is -2.22. The molecular formula is C18H27N5. The van der Waals surface area contributed by atoms with Crippen molar-refractivity contribution in [2.24, 2.45) is 21.5 Å². The summed E-state index contributed by atoms with van der Waals surface area (Å²) in [4.78, 5) is 8.45. The number of nitriles is 1. The molecule has 0 aromatic heterocycles. The number of guanidine groups is 1. The highest BCUT2D eigenvalue weighted by Crippen LogP contribution is 2.26. The van der Waals surface area contributed by atoms with E-state index in [1.165, 1.54) is 16.7 Å². The van der Waals surface area contributed by atoms with Gasteiger partial charge in [0.1, 0.15) is 11.8 Å². The van der Waals surface area contributed by atoms with Gasteiger partial charge in [-0.2, -0.15) is 5.26 Å². The summed E-state index contributed by atoms with van der Waals surface area (Å²) in [5, 5.41) is 9.52. The molecule has 1 aromatic rings. The number of unbranched alkanes of at least 4 members (excludes halogenated alkanes) is 1. The van der Waals surface area contributed by atoms with Gasteiger partial charge in [-0.3, -0.25) is 9.98 Å². The van der Waals surface area contributed by atoms with Crippen molar-refractivity contribution in [2.75, 3.05) is 13.1 Å². The molecule has 0 aliphatic heterocycles. The number of nitrogens with two attached hydrogens (primary N) is 2. The lowest BCUT2D eigenvalue weighted by Gasteiger charge is -2.17. The maximum Gasteiger partial charge on any atom is 0.185 e. The van der Waals surface area contributed by atoms with Crippen LogP contribution in [0.15, 0.2) is 9.98 Å². The molecule has 23 heavy (non-hydrogen) atoms. The molecule has 0 spiro atoms. The van der Waals surface area contributed by atoms with E-state index in [1.807, 2.05) is 0 Å². The normalized spacial score (nSPS) is 11.2. The molecule has 0 amide bonds. The molecule has 0 aliphatic carbocycles. The van der Waals surface area contributed by atoms with Gasteiger partial charge in [-0.05, 0) is 75.3 Å². The Kier molecular flexibility index (Phi) is 6.77. The molecular weight excluding hydrogens is 286 g/mol. The fourth-order valence-corrected chi connectivity index (χ4v) is 2.65. The van der Waals surface area contributed by atoms with Gasteiger partial charge in [0.05, 0.1) is 0 Å². The van der Waals surface area contributed by atoms with Gasteiger partial charge in [-0.25, -0.2) is 0 Å². The van der Waals surface area contributed by atoms with E-state index in [2.05, 4.69) is 50.7 Å². The Labute approximate surface area is 139 Å². The van der Waals surface area contributed by atoms with E-state index in [-0.39, 0.29) is 5.96 Å². The van der Waals surface area contributed by atoms with Gasteiger partial charge in [-0.15, -0.1) is 0 Å². The summed E-state index contributed by atoms with van der Waals surface area (Å²) in [5.74, 6) is 0.114. The first-order chi connectivity index (χ1) is 10.8. The third kappa shape index (κ3) is 4.56. The highest BCUT2D eigenvalue weighted by atomic mass is 15.0. The van der Waals surface area contributed by atoms with Gasteiger partial charge < -0.3 is 11.5 Å². The second kappa shape index (κ2) is 8.33. The van der Waals surface area contributed by atoms with Gasteiger partial charge in [0.25, 0.3) is 0 Å². The topological polar surface area (TPSA) is 101 Å². The summed E-state index contributed by atoms with van der Waals surface area (Å²) >= 11 is 0. The van der Waals surface area contributed by atoms with Crippen molar-refractivity contribution in [1.29, 1.82) is 5.26 Å². The Hall–Kier alpha value is -2.35. The average Bonchev–Trinajstić information content (AvgIpc) is 2.52. The van der Waals surface area contributed by atoms with E-state index in [0.29, 0.717) is 18.8 Å². The summed E-state index contributed by atoms with van der Waals surface area (Å²) < 4.78 is 0. The summed E-state index contributed by atoms with van der Waals surface area (Å²) in [7, 11) is 0. The minimum Gasteiger partial charge on any atom is -0.370 e. The van der Waals surface area contributed by atoms with Crippen molar-refractivity contribution in [3.63, 3.8) is 0 Å². The van der Waals surface area contributed by atoms with Crippen molar-refractivity contribution >= 4 is 11.7 Å². The Bertz CT molecular complexity index is 645. The molecule has 0 fully saturated rings. The number of hydrogen-bond donors (Lipinski definition) is 2. The molecule has 0 bridgehead atoms. The van der Waals surface area contributed by atoms with Crippen LogP contribution in [-0.4, -0.2) is 24.8 Å². The Balaban J connectivity index is 2.97. The van der Waals surface area contributed by atoms with Crippen molar-refractivity contribution in [3.8, 4) is 6.07 Å². The number of rotatable bonds is 6. The standard InChI is InChI=1S/C18H27N5/c1-11-12(2)14(4)17(15(5)13(11)3)16(10-19)22-8-6-7-9-23-18(20)21/h6-9H2,1-5H3,(H4,20,21,23). The minimum atomic E-state index is 0.114. The average molecular weight is 313 g/mol. The van der Waals surface area contributed by atoms with Gasteiger partial charge in [0.15, 0.2) is 5.96 Å². The molecule has 1 rings (SSSR count). The molecule has 0 aliphatic rings. The molecule has 0 unspecified atom stereocenters. The lowest BCUT2D eigenvalue weighted by molar-refractivity contribution is 0.756. The first-order valence-corrected chi connectivity index (χ1v) is 7.88. The number of nitrogens with zero attached hydrogens (tertiary/aromatic N) is 3.